The van der Waals surface area contributed by atoms with Crippen LogP contribution in [-0.4, -0.2) is 40.1 Å². The van der Waals surface area contributed by atoms with Crippen LogP contribution in [-0.2, 0) is 14.8 Å². The first kappa shape index (κ1) is 19.2. The van der Waals surface area contributed by atoms with Crippen LogP contribution in [0.4, 0.5) is 0 Å². The van der Waals surface area contributed by atoms with Gasteiger partial charge in [-0.2, -0.15) is 0 Å². The van der Waals surface area contributed by atoms with E-state index in [9.17, 15) is 13.2 Å². The predicted octanol–water partition coefficient (Wildman–Crippen LogP) is 2.33. The van der Waals surface area contributed by atoms with E-state index < -0.39 is 10.0 Å². The molecule has 6 nitrogen and oxygen atoms in total. The fourth-order valence-corrected chi connectivity index (χ4v) is 4.01. The second-order valence-electron chi connectivity index (χ2n) is 5.74. The van der Waals surface area contributed by atoms with Gasteiger partial charge in [-0.15, -0.1) is 0 Å². The molecule has 1 saturated heterocycles. The number of amides is 1. The van der Waals surface area contributed by atoms with Crippen molar-refractivity contribution in [1.29, 1.82) is 0 Å². The maximum atomic E-state index is 12.5. The Hall–Kier alpha value is -1.15. The molecule has 1 amide bonds. The van der Waals surface area contributed by atoms with E-state index in [4.69, 9.17) is 16.3 Å². The van der Waals surface area contributed by atoms with E-state index in [2.05, 4.69) is 10.0 Å². The number of benzene rings is 1. The summed E-state index contributed by atoms with van der Waals surface area (Å²) in [5.41, 5.74) is 0.271. The predicted molar refractivity (Wildman–Crippen MR) is 92.9 cm³/mol. The highest BCUT2D eigenvalue weighted by Crippen LogP contribution is 2.23. The Kier molecular flexibility index (Phi) is 7.03. The molecule has 2 N–H and O–H groups in total. The zero-order valence-electron chi connectivity index (χ0n) is 13.7. The molecule has 1 aliphatic rings. The van der Waals surface area contributed by atoms with E-state index in [-0.39, 0.29) is 34.0 Å². The van der Waals surface area contributed by atoms with Crippen molar-refractivity contribution in [2.75, 3.05) is 19.7 Å². The molecule has 1 atom stereocenters. The van der Waals surface area contributed by atoms with Gasteiger partial charge in [-0.05, 0) is 37.5 Å². The van der Waals surface area contributed by atoms with Crippen LogP contribution in [0.3, 0.4) is 0 Å². The summed E-state index contributed by atoms with van der Waals surface area (Å²) in [5, 5.41) is 2.84. The minimum Gasteiger partial charge on any atom is -0.377 e. The van der Waals surface area contributed by atoms with Crippen LogP contribution in [0.15, 0.2) is 23.1 Å². The van der Waals surface area contributed by atoms with Gasteiger partial charge in [0.05, 0.1) is 11.1 Å². The molecule has 0 bridgehead atoms. The maximum absolute atomic E-state index is 12.5. The third-order valence-electron chi connectivity index (χ3n) is 3.82. The molecule has 1 aliphatic heterocycles. The Labute approximate surface area is 148 Å². The molecule has 0 radical (unpaired) electrons. The topological polar surface area (TPSA) is 84.5 Å². The lowest BCUT2D eigenvalue weighted by Crippen LogP contribution is -2.32. The van der Waals surface area contributed by atoms with Crippen molar-refractivity contribution in [3.05, 3.63) is 28.8 Å². The molecule has 24 heavy (non-hydrogen) atoms. The highest BCUT2D eigenvalue weighted by molar-refractivity contribution is 7.89. The van der Waals surface area contributed by atoms with E-state index in [1.807, 2.05) is 6.92 Å². The van der Waals surface area contributed by atoms with Gasteiger partial charge in [-0.1, -0.05) is 24.9 Å². The lowest BCUT2D eigenvalue weighted by atomic mass is 10.2. The summed E-state index contributed by atoms with van der Waals surface area (Å²) in [4.78, 5) is 12.0. The van der Waals surface area contributed by atoms with Crippen LogP contribution in [0.25, 0.3) is 0 Å². The molecule has 0 aromatic heterocycles. The molecule has 0 spiro atoms. The summed E-state index contributed by atoms with van der Waals surface area (Å²) in [6.45, 7) is 3.43. The smallest absolute Gasteiger partial charge is 0.251 e. The van der Waals surface area contributed by atoms with Crippen molar-refractivity contribution in [1.82, 2.24) is 10.0 Å². The monoisotopic (exact) mass is 374 g/mol. The number of hydrogen-bond acceptors (Lipinski definition) is 4. The van der Waals surface area contributed by atoms with Gasteiger partial charge in [0.2, 0.25) is 10.0 Å². The van der Waals surface area contributed by atoms with E-state index in [0.29, 0.717) is 13.2 Å². The van der Waals surface area contributed by atoms with Crippen molar-refractivity contribution < 1.29 is 17.9 Å². The summed E-state index contributed by atoms with van der Waals surface area (Å²) in [5.74, 6) is -0.310. The highest BCUT2D eigenvalue weighted by atomic mass is 35.5. The first-order chi connectivity index (χ1) is 11.4. The van der Waals surface area contributed by atoms with Crippen LogP contribution < -0.4 is 10.0 Å². The summed E-state index contributed by atoms with van der Waals surface area (Å²) < 4.78 is 32.8. The van der Waals surface area contributed by atoms with Gasteiger partial charge in [-0.25, -0.2) is 13.1 Å². The molecule has 1 heterocycles. The zero-order chi connectivity index (χ0) is 17.6. The standard InChI is InChI=1S/C16H23ClN2O4S/c1-2-3-8-18-16(20)12-6-7-14(17)15(10-12)24(21,22)19-11-13-5-4-9-23-13/h6-7,10,13,19H,2-5,8-9,11H2,1H3,(H,18,20). The van der Waals surface area contributed by atoms with Crippen molar-refractivity contribution >= 4 is 27.5 Å². The van der Waals surface area contributed by atoms with Gasteiger partial charge in [0.15, 0.2) is 0 Å². The van der Waals surface area contributed by atoms with Gasteiger partial charge in [0.25, 0.3) is 5.91 Å². The fourth-order valence-electron chi connectivity index (χ4n) is 2.42. The van der Waals surface area contributed by atoms with E-state index in [1.54, 1.807) is 0 Å². The van der Waals surface area contributed by atoms with Gasteiger partial charge >= 0.3 is 0 Å². The summed E-state index contributed by atoms with van der Waals surface area (Å²) in [6, 6.07) is 4.25. The average Bonchev–Trinajstić information content (AvgIpc) is 3.07. The number of rotatable bonds is 8. The van der Waals surface area contributed by atoms with Crippen molar-refractivity contribution in [3.63, 3.8) is 0 Å². The number of sulfonamides is 1. The molecule has 1 aromatic rings. The normalized spacial score (nSPS) is 17.8. The van der Waals surface area contributed by atoms with Crippen LogP contribution in [0.1, 0.15) is 43.0 Å². The molecular weight excluding hydrogens is 352 g/mol. The minimum atomic E-state index is -3.80. The average molecular weight is 375 g/mol. The zero-order valence-corrected chi connectivity index (χ0v) is 15.3. The minimum absolute atomic E-state index is 0.0833. The first-order valence-electron chi connectivity index (χ1n) is 8.13. The van der Waals surface area contributed by atoms with Gasteiger partial charge < -0.3 is 10.1 Å². The van der Waals surface area contributed by atoms with Crippen molar-refractivity contribution in [2.24, 2.45) is 0 Å². The molecule has 1 aromatic carbocycles. The SMILES string of the molecule is CCCCNC(=O)c1ccc(Cl)c(S(=O)(=O)NCC2CCCO2)c1. The third-order valence-corrected chi connectivity index (χ3v) is 5.73. The largest absolute Gasteiger partial charge is 0.377 e. The number of carbonyl (C=O) groups is 1. The van der Waals surface area contributed by atoms with Gasteiger partial charge in [0, 0.05) is 25.3 Å². The molecule has 2 rings (SSSR count). The molecule has 0 saturated carbocycles. The number of carbonyl (C=O) groups excluding carboxylic acids is 1. The number of unbranched alkanes of at least 4 members (excludes halogenated alkanes) is 1. The Morgan fingerprint density at radius 1 is 1.42 bits per heavy atom. The van der Waals surface area contributed by atoms with E-state index in [0.717, 1.165) is 25.7 Å². The highest BCUT2D eigenvalue weighted by Gasteiger charge is 2.23. The Morgan fingerprint density at radius 2 is 2.21 bits per heavy atom. The fraction of sp³-hybridized carbons (Fsp3) is 0.562. The summed E-state index contributed by atoms with van der Waals surface area (Å²) in [6.07, 6.45) is 3.48. The molecule has 1 fully saturated rings. The number of halogens is 1. The van der Waals surface area contributed by atoms with Crippen molar-refractivity contribution in [3.8, 4) is 0 Å². The third kappa shape index (κ3) is 5.17. The van der Waals surface area contributed by atoms with Gasteiger partial charge in [0.1, 0.15) is 4.90 Å². The van der Waals surface area contributed by atoms with Crippen molar-refractivity contribution in [2.45, 2.75) is 43.6 Å². The summed E-state index contributed by atoms with van der Waals surface area (Å²) >= 11 is 6.03. The molecule has 8 heteroatoms. The van der Waals surface area contributed by atoms with Crippen LogP contribution in [0, 0.1) is 0 Å². The lowest BCUT2D eigenvalue weighted by Gasteiger charge is -2.13. The van der Waals surface area contributed by atoms with E-state index >= 15 is 0 Å². The summed E-state index contributed by atoms with van der Waals surface area (Å²) in [7, 11) is -3.80. The number of ether oxygens (including phenoxy) is 1. The Balaban J connectivity index is 2.09. The molecule has 0 aliphatic carbocycles. The Bertz CT molecular complexity index is 673. The second-order valence-corrected chi connectivity index (χ2v) is 7.88. The van der Waals surface area contributed by atoms with E-state index in [1.165, 1.54) is 18.2 Å². The van der Waals surface area contributed by atoms with Gasteiger partial charge in [-0.3, -0.25) is 4.79 Å². The molecule has 1 unspecified atom stereocenters. The number of hydrogen-bond donors (Lipinski definition) is 2. The quantitative estimate of drug-likeness (QED) is 0.684. The number of nitrogens with one attached hydrogen (secondary N) is 2. The van der Waals surface area contributed by atoms with Crippen LogP contribution >= 0.6 is 11.6 Å². The van der Waals surface area contributed by atoms with Crippen LogP contribution in [0.5, 0.6) is 0 Å². The second kappa shape index (κ2) is 8.80. The molecular formula is C16H23ClN2O4S. The molecule has 134 valence electrons. The van der Waals surface area contributed by atoms with Crippen LogP contribution in [0.2, 0.25) is 5.02 Å². The Morgan fingerprint density at radius 3 is 2.88 bits per heavy atom. The maximum Gasteiger partial charge on any atom is 0.251 e. The first-order valence-corrected chi connectivity index (χ1v) is 9.99. The lowest BCUT2D eigenvalue weighted by molar-refractivity contribution is 0.0953.